The number of aliphatic imine (C=N–C) groups is 1. The molecule has 0 saturated carbocycles. The van der Waals surface area contributed by atoms with Crippen LogP contribution >= 0.6 is 11.8 Å². The molecular formula is C31H28F4N6O2S. The lowest BCUT2D eigenvalue weighted by molar-refractivity contribution is -0.139. The molecule has 1 unspecified atom stereocenters. The molecule has 2 amide bonds. The topological polar surface area (TPSA) is 92.5 Å². The SMILES string of the molecule is Cc1cc(C)n(-c2ccc(CN3C(=O)C(CC(=O)Nc4ccccc4F)SC3=NCCc3ccccn3)c(C(F)(F)F)c2)n1. The third-order valence-corrected chi connectivity index (χ3v) is 8.07. The summed E-state index contributed by atoms with van der Waals surface area (Å²) in [6, 6.07) is 16.7. The van der Waals surface area contributed by atoms with Crippen LogP contribution in [0.25, 0.3) is 5.69 Å². The molecule has 228 valence electrons. The second-order valence-corrected chi connectivity index (χ2v) is 11.3. The van der Waals surface area contributed by atoms with E-state index in [4.69, 9.17) is 0 Å². The maximum absolute atomic E-state index is 14.3. The van der Waals surface area contributed by atoms with Gasteiger partial charge in [-0.05, 0) is 61.9 Å². The molecule has 1 aliphatic heterocycles. The van der Waals surface area contributed by atoms with Crippen LogP contribution in [-0.4, -0.2) is 48.4 Å². The minimum absolute atomic E-state index is 0.0356. The van der Waals surface area contributed by atoms with Crippen molar-refractivity contribution >= 4 is 34.4 Å². The molecular weight excluding hydrogens is 596 g/mol. The van der Waals surface area contributed by atoms with Gasteiger partial charge >= 0.3 is 6.18 Å². The molecule has 0 bridgehead atoms. The molecule has 44 heavy (non-hydrogen) atoms. The smallest absolute Gasteiger partial charge is 0.324 e. The first-order valence-electron chi connectivity index (χ1n) is 13.7. The molecule has 5 rings (SSSR count). The third-order valence-electron chi connectivity index (χ3n) is 6.86. The van der Waals surface area contributed by atoms with Crippen molar-refractivity contribution in [3.05, 3.63) is 107 Å². The van der Waals surface area contributed by atoms with Gasteiger partial charge in [0.25, 0.3) is 0 Å². The van der Waals surface area contributed by atoms with Gasteiger partial charge in [0.15, 0.2) is 5.17 Å². The molecule has 2 aromatic heterocycles. The van der Waals surface area contributed by atoms with E-state index in [2.05, 4.69) is 20.4 Å². The van der Waals surface area contributed by atoms with Crippen LogP contribution in [0, 0.1) is 19.7 Å². The summed E-state index contributed by atoms with van der Waals surface area (Å²) in [5, 5.41) is 5.98. The van der Waals surface area contributed by atoms with Crippen LogP contribution < -0.4 is 5.32 Å². The quantitative estimate of drug-likeness (QED) is 0.227. The summed E-state index contributed by atoms with van der Waals surface area (Å²) in [6.07, 6.45) is -2.96. The summed E-state index contributed by atoms with van der Waals surface area (Å²) in [4.78, 5) is 36.3. The number of nitrogens with zero attached hydrogens (tertiary/aromatic N) is 5. The number of hydrogen-bond acceptors (Lipinski definition) is 6. The minimum atomic E-state index is -4.72. The molecule has 8 nitrogen and oxygen atoms in total. The lowest BCUT2D eigenvalue weighted by Crippen LogP contribution is -2.34. The third kappa shape index (κ3) is 7.16. The molecule has 1 N–H and O–H groups in total. The fourth-order valence-corrected chi connectivity index (χ4v) is 5.97. The number of nitrogens with one attached hydrogen (secondary N) is 1. The van der Waals surface area contributed by atoms with Crippen LogP contribution in [0.2, 0.25) is 0 Å². The van der Waals surface area contributed by atoms with Gasteiger partial charge in [-0.3, -0.25) is 24.5 Å². The van der Waals surface area contributed by atoms with Crippen LogP contribution in [0.4, 0.5) is 23.2 Å². The van der Waals surface area contributed by atoms with Crippen molar-refractivity contribution in [1.82, 2.24) is 19.7 Å². The van der Waals surface area contributed by atoms with Gasteiger partial charge in [0.05, 0.1) is 29.2 Å². The number of rotatable bonds is 9. The molecule has 3 heterocycles. The second-order valence-electron chi connectivity index (χ2n) is 10.2. The Bertz CT molecular complexity index is 1710. The fourth-order valence-electron chi connectivity index (χ4n) is 4.81. The summed E-state index contributed by atoms with van der Waals surface area (Å²) in [5.41, 5.74) is 1.26. The molecule has 0 aliphatic carbocycles. The molecule has 1 aliphatic rings. The van der Waals surface area contributed by atoms with Crippen LogP contribution in [0.5, 0.6) is 0 Å². The summed E-state index contributed by atoms with van der Waals surface area (Å²) >= 11 is 0.998. The van der Waals surface area contributed by atoms with Crippen molar-refractivity contribution < 1.29 is 27.2 Å². The molecule has 0 spiro atoms. The van der Waals surface area contributed by atoms with E-state index in [9.17, 15) is 27.2 Å². The summed E-state index contributed by atoms with van der Waals surface area (Å²) in [6.45, 7) is 3.31. The van der Waals surface area contributed by atoms with E-state index in [0.717, 1.165) is 23.5 Å². The Morgan fingerprint density at radius 1 is 1.07 bits per heavy atom. The average molecular weight is 625 g/mol. The van der Waals surface area contributed by atoms with E-state index in [-0.39, 0.29) is 35.1 Å². The number of thioether (sulfide) groups is 1. The highest BCUT2D eigenvalue weighted by atomic mass is 32.2. The Hall–Kier alpha value is -4.52. The predicted octanol–water partition coefficient (Wildman–Crippen LogP) is 6.11. The number of hydrogen-bond donors (Lipinski definition) is 1. The average Bonchev–Trinajstić information content (AvgIpc) is 3.47. The zero-order valence-corrected chi connectivity index (χ0v) is 24.6. The predicted molar refractivity (Wildman–Crippen MR) is 160 cm³/mol. The van der Waals surface area contributed by atoms with Gasteiger partial charge in [-0.15, -0.1) is 0 Å². The van der Waals surface area contributed by atoms with Gasteiger partial charge < -0.3 is 5.32 Å². The van der Waals surface area contributed by atoms with Crippen LogP contribution in [0.1, 0.15) is 34.6 Å². The molecule has 1 fully saturated rings. The highest BCUT2D eigenvalue weighted by molar-refractivity contribution is 8.15. The van der Waals surface area contributed by atoms with Gasteiger partial charge in [0, 0.05) is 37.0 Å². The number of aromatic nitrogens is 3. The fraction of sp³-hybridized carbons (Fsp3) is 0.258. The number of pyridine rings is 1. The van der Waals surface area contributed by atoms with Crippen molar-refractivity contribution in [2.24, 2.45) is 4.99 Å². The zero-order valence-electron chi connectivity index (χ0n) is 23.8. The number of benzene rings is 2. The highest BCUT2D eigenvalue weighted by Crippen LogP contribution is 2.37. The van der Waals surface area contributed by atoms with Crippen molar-refractivity contribution in [3.8, 4) is 5.69 Å². The molecule has 2 aromatic carbocycles. The standard InChI is InChI=1S/C31H28F4N6O2S/c1-19-15-20(2)41(39-19)23-11-10-21(24(16-23)31(33,34)35)18-40-29(43)27(17-28(42)38-26-9-4-3-8-25(26)32)44-30(40)37-14-12-22-7-5-6-13-36-22/h3-11,13,15-16,27H,12,14,17-18H2,1-2H3,(H,38,42). The maximum Gasteiger partial charge on any atom is 0.416 e. The number of amides is 2. The highest BCUT2D eigenvalue weighted by Gasteiger charge is 2.41. The Balaban J connectivity index is 1.42. The first-order valence-corrected chi connectivity index (χ1v) is 14.6. The number of halogens is 4. The van der Waals surface area contributed by atoms with Gasteiger partial charge in [-0.1, -0.05) is 36.0 Å². The number of anilines is 1. The summed E-state index contributed by atoms with van der Waals surface area (Å²) in [5.74, 6) is -1.81. The molecule has 0 radical (unpaired) electrons. The lowest BCUT2D eigenvalue weighted by atomic mass is 10.0. The van der Waals surface area contributed by atoms with Crippen LogP contribution in [-0.2, 0) is 28.7 Å². The minimum Gasteiger partial charge on any atom is -0.324 e. The van der Waals surface area contributed by atoms with Gasteiger partial charge in [0.1, 0.15) is 11.1 Å². The maximum atomic E-state index is 14.3. The Kier molecular flexibility index (Phi) is 9.14. The molecule has 1 atom stereocenters. The van der Waals surface area contributed by atoms with E-state index in [1.807, 2.05) is 12.1 Å². The normalized spacial score (nSPS) is 16.1. The van der Waals surface area contributed by atoms with E-state index in [1.54, 1.807) is 38.2 Å². The molecule has 1 saturated heterocycles. The van der Waals surface area contributed by atoms with Gasteiger partial charge in [-0.2, -0.15) is 18.3 Å². The monoisotopic (exact) mass is 624 g/mol. The van der Waals surface area contributed by atoms with Crippen molar-refractivity contribution in [2.75, 3.05) is 11.9 Å². The first-order chi connectivity index (χ1) is 21.0. The van der Waals surface area contributed by atoms with Gasteiger partial charge in [0.2, 0.25) is 11.8 Å². The number of alkyl halides is 3. The molecule has 4 aromatic rings. The number of carbonyl (C=O) groups is 2. The summed E-state index contributed by atoms with van der Waals surface area (Å²) in [7, 11) is 0. The number of para-hydroxylation sites is 1. The second kappa shape index (κ2) is 13.0. The largest absolute Gasteiger partial charge is 0.416 e. The van der Waals surface area contributed by atoms with Crippen LogP contribution in [0.15, 0.2) is 77.9 Å². The number of carbonyl (C=O) groups excluding carboxylic acids is 2. The van der Waals surface area contributed by atoms with Crippen molar-refractivity contribution in [3.63, 3.8) is 0 Å². The van der Waals surface area contributed by atoms with E-state index < -0.39 is 41.2 Å². The number of amidine groups is 1. The van der Waals surface area contributed by atoms with Crippen molar-refractivity contribution in [2.45, 2.75) is 44.7 Å². The Morgan fingerprint density at radius 2 is 1.84 bits per heavy atom. The van der Waals surface area contributed by atoms with E-state index >= 15 is 0 Å². The Labute approximate surface area is 255 Å². The molecule has 13 heteroatoms. The van der Waals surface area contributed by atoms with E-state index in [1.165, 1.54) is 39.9 Å². The zero-order chi connectivity index (χ0) is 31.4. The summed E-state index contributed by atoms with van der Waals surface area (Å²) < 4.78 is 58.5. The first kappa shape index (κ1) is 30.9. The lowest BCUT2D eigenvalue weighted by Gasteiger charge is -2.21. The van der Waals surface area contributed by atoms with Crippen LogP contribution in [0.3, 0.4) is 0 Å². The number of aryl methyl sites for hydroxylation is 2. The van der Waals surface area contributed by atoms with Crippen molar-refractivity contribution in [1.29, 1.82) is 0 Å². The Morgan fingerprint density at radius 3 is 2.52 bits per heavy atom. The van der Waals surface area contributed by atoms with Gasteiger partial charge in [-0.25, -0.2) is 9.07 Å². The van der Waals surface area contributed by atoms with E-state index in [0.29, 0.717) is 17.8 Å².